The molecule has 0 radical (unpaired) electrons. The highest BCUT2D eigenvalue weighted by Crippen LogP contribution is 1.68. The second-order valence-electron chi connectivity index (χ2n) is 1.28. The monoisotopic (exact) mass is 117 g/mol. The molecular weight excluding hydrogens is 110 g/mol. The van der Waals surface area contributed by atoms with Crippen LogP contribution in [0.2, 0.25) is 0 Å². The van der Waals surface area contributed by atoms with Crippen molar-refractivity contribution < 1.29 is 9.59 Å². The van der Waals surface area contributed by atoms with E-state index in [-0.39, 0.29) is 0 Å². The molecule has 8 heavy (non-hydrogen) atoms. The van der Waals surface area contributed by atoms with Crippen molar-refractivity contribution in [2.45, 2.75) is 0 Å². The molecule has 5 heteroatoms. The first-order valence-electron chi connectivity index (χ1n) is 1.88. The average Bonchev–Trinajstić information content (AvgIpc) is 1.64. The fraction of sp³-hybridized carbons (Fsp3) is 0.333. The minimum atomic E-state index is -1.05. The van der Waals surface area contributed by atoms with Gasteiger partial charge in [-0.15, -0.1) is 0 Å². The van der Waals surface area contributed by atoms with Crippen LogP contribution < -0.4 is 11.6 Å². The van der Waals surface area contributed by atoms with E-state index in [1.54, 1.807) is 0 Å². The van der Waals surface area contributed by atoms with Gasteiger partial charge >= 0.3 is 11.8 Å². The van der Waals surface area contributed by atoms with Gasteiger partial charge in [0.2, 0.25) is 0 Å². The molecule has 0 fully saturated rings. The number of nitrogens with zero attached hydrogens (tertiary/aromatic N) is 1. The van der Waals surface area contributed by atoms with Crippen molar-refractivity contribution in [3.05, 3.63) is 0 Å². The van der Waals surface area contributed by atoms with Crippen LogP contribution in [0.4, 0.5) is 0 Å². The molecule has 2 amide bonds. The summed E-state index contributed by atoms with van der Waals surface area (Å²) in [5.74, 6) is 2.88. The standard InChI is InChI=1S/C3H7N3O2/c1-6(5)3(8)2(4)7/h5H2,1H3,(H2,4,7). The predicted octanol–water partition coefficient (Wildman–Crippen LogP) is -2.20. The van der Waals surface area contributed by atoms with Crippen molar-refractivity contribution in [2.75, 3.05) is 7.05 Å². The zero-order valence-corrected chi connectivity index (χ0v) is 4.42. The van der Waals surface area contributed by atoms with Gasteiger partial charge in [0.05, 0.1) is 0 Å². The topological polar surface area (TPSA) is 89.4 Å². The number of likely N-dealkylation sites (N-methyl/N-ethyl adjacent to an activating group) is 1. The van der Waals surface area contributed by atoms with Gasteiger partial charge in [-0.1, -0.05) is 0 Å². The summed E-state index contributed by atoms with van der Waals surface area (Å²) in [4.78, 5) is 20.1. The zero-order chi connectivity index (χ0) is 6.73. The number of hydrogen-bond acceptors (Lipinski definition) is 3. The Balaban J connectivity index is 3.84. The second kappa shape index (κ2) is 2.27. The van der Waals surface area contributed by atoms with Crippen molar-refractivity contribution in [1.29, 1.82) is 0 Å². The van der Waals surface area contributed by atoms with E-state index in [9.17, 15) is 9.59 Å². The Morgan fingerprint density at radius 3 is 1.88 bits per heavy atom. The number of hydrazine groups is 1. The molecule has 0 atom stereocenters. The van der Waals surface area contributed by atoms with Gasteiger partial charge in [-0.25, -0.2) is 5.84 Å². The van der Waals surface area contributed by atoms with E-state index in [0.717, 1.165) is 0 Å². The maximum absolute atomic E-state index is 10.2. The molecule has 0 aliphatic carbocycles. The SMILES string of the molecule is CN(N)C(=O)C(N)=O. The zero-order valence-electron chi connectivity index (χ0n) is 4.42. The molecule has 0 spiro atoms. The van der Waals surface area contributed by atoms with Crippen LogP contribution in [0.25, 0.3) is 0 Å². The number of primary amides is 1. The lowest BCUT2D eigenvalue weighted by atomic mass is 10.6. The maximum Gasteiger partial charge on any atom is 0.325 e. The number of carbonyl (C=O) groups is 2. The first-order valence-corrected chi connectivity index (χ1v) is 1.88. The van der Waals surface area contributed by atoms with Crippen LogP contribution in [0, 0.1) is 0 Å². The van der Waals surface area contributed by atoms with Crippen LogP contribution in [0.1, 0.15) is 0 Å². The van der Waals surface area contributed by atoms with Crippen molar-refractivity contribution in [3.8, 4) is 0 Å². The van der Waals surface area contributed by atoms with E-state index < -0.39 is 11.8 Å². The van der Waals surface area contributed by atoms with E-state index >= 15 is 0 Å². The van der Waals surface area contributed by atoms with Crippen LogP contribution in [0.5, 0.6) is 0 Å². The molecule has 0 aromatic rings. The molecular formula is C3H7N3O2. The summed E-state index contributed by atoms with van der Waals surface area (Å²) < 4.78 is 0. The molecule has 0 unspecified atom stereocenters. The van der Waals surface area contributed by atoms with Crippen LogP contribution in [0.3, 0.4) is 0 Å². The Hall–Kier alpha value is -1.10. The predicted molar refractivity (Wildman–Crippen MR) is 26.2 cm³/mol. The summed E-state index contributed by atoms with van der Waals surface area (Å²) in [7, 11) is 1.24. The summed E-state index contributed by atoms with van der Waals surface area (Å²) in [6.07, 6.45) is 0. The third kappa shape index (κ3) is 1.57. The van der Waals surface area contributed by atoms with Gasteiger partial charge in [-0.05, 0) is 0 Å². The average molecular weight is 117 g/mol. The van der Waals surface area contributed by atoms with Crippen molar-refractivity contribution in [3.63, 3.8) is 0 Å². The van der Waals surface area contributed by atoms with Crippen LogP contribution in [0.15, 0.2) is 0 Å². The van der Waals surface area contributed by atoms with Gasteiger partial charge in [-0.2, -0.15) is 0 Å². The smallest absolute Gasteiger partial charge is 0.325 e. The number of amides is 2. The van der Waals surface area contributed by atoms with Crippen molar-refractivity contribution >= 4 is 11.8 Å². The van der Waals surface area contributed by atoms with Gasteiger partial charge in [0.15, 0.2) is 0 Å². The fourth-order valence-electron chi connectivity index (χ4n) is 0.174. The van der Waals surface area contributed by atoms with E-state index in [1.165, 1.54) is 7.05 Å². The maximum atomic E-state index is 10.2. The van der Waals surface area contributed by atoms with E-state index in [2.05, 4.69) is 5.73 Å². The fourth-order valence-corrected chi connectivity index (χ4v) is 0.174. The van der Waals surface area contributed by atoms with Gasteiger partial charge in [-0.3, -0.25) is 14.6 Å². The molecule has 0 heterocycles. The summed E-state index contributed by atoms with van der Waals surface area (Å²) in [5, 5.41) is 0.627. The third-order valence-electron chi connectivity index (χ3n) is 0.531. The first kappa shape index (κ1) is 6.90. The number of hydrogen-bond donors (Lipinski definition) is 2. The Labute approximate surface area is 46.2 Å². The van der Waals surface area contributed by atoms with E-state index in [1.807, 2.05) is 0 Å². The Bertz CT molecular complexity index is 120. The normalized spacial score (nSPS) is 8.25. The highest BCUT2D eigenvalue weighted by Gasteiger charge is 2.09. The number of nitrogens with two attached hydrogens (primary N) is 2. The first-order chi connectivity index (χ1) is 3.55. The molecule has 0 saturated heterocycles. The lowest BCUT2D eigenvalue weighted by Crippen LogP contribution is -2.41. The summed E-state index contributed by atoms with van der Waals surface area (Å²) >= 11 is 0. The highest BCUT2D eigenvalue weighted by atomic mass is 16.2. The van der Waals surface area contributed by atoms with Crippen LogP contribution in [-0.2, 0) is 9.59 Å². The van der Waals surface area contributed by atoms with Crippen molar-refractivity contribution in [1.82, 2.24) is 5.01 Å². The summed E-state index contributed by atoms with van der Waals surface area (Å²) in [6.45, 7) is 0. The quantitative estimate of drug-likeness (QED) is 0.163. The van der Waals surface area contributed by atoms with Gasteiger partial charge < -0.3 is 5.73 Å². The largest absolute Gasteiger partial charge is 0.361 e. The Morgan fingerprint density at radius 1 is 1.50 bits per heavy atom. The van der Waals surface area contributed by atoms with Crippen LogP contribution >= 0.6 is 0 Å². The molecule has 4 N–H and O–H groups in total. The molecule has 0 aliphatic rings. The molecule has 46 valence electrons. The van der Waals surface area contributed by atoms with Gasteiger partial charge in [0, 0.05) is 7.05 Å². The lowest BCUT2D eigenvalue weighted by Gasteiger charge is -2.03. The molecule has 0 aromatic carbocycles. The molecule has 0 bridgehead atoms. The van der Waals surface area contributed by atoms with Gasteiger partial charge in [0.1, 0.15) is 0 Å². The van der Waals surface area contributed by atoms with Crippen molar-refractivity contribution in [2.24, 2.45) is 11.6 Å². The van der Waals surface area contributed by atoms with E-state index in [0.29, 0.717) is 5.01 Å². The minimum absolute atomic E-state index is 0.627. The summed E-state index contributed by atoms with van der Waals surface area (Å²) in [6, 6.07) is 0. The Morgan fingerprint density at radius 2 is 1.88 bits per heavy atom. The molecule has 0 saturated carbocycles. The second-order valence-corrected chi connectivity index (χ2v) is 1.28. The van der Waals surface area contributed by atoms with Crippen LogP contribution in [-0.4, -0.2) is 23.9 Å². The number of carbonyl (C=O) groups excluding carboxylic acids is 2. The molecule has 5 nitrogen and oxygen atoms in total. The minimum Gasteiger partial charge on any atom is -0.361 e. The third-order valence-corrected chi connectivity index (χ3v) is 0.531. The lowest BCUT2D eigenvalue weighted by molar-refractivity contribution is -0.143. The Kier molecular flexibility index (Phi) is 1.96. The molecule has 0 rings (SSSR count). The highest BCUT2D eigenvalue weighted by molar-refractivity contribution is 6.34. The van der Waals surface area contributed by atoms with E-state index in [4.69, 9.17) is 5.84 Å². The molecule has 0 aromatic heterocycles. The summed E-state index contributed by atoms with van der Waals surface area (Å²) in [5.41, 5.74) is 4.53. The molecule has 0 aliphatic heterocycles. The van der Waals surface area contributed by atoms with Gasteiger partial charge in [0.25, 0.3) is 0 Å². The number of rotatable bonds is 0.